The van der Waals surface area contributed by atoms with Crippen LogP contribution in [0.25, 0.3) is 0 Å². The predicted molar refractivity (Wildman–Crippen MR) is 118 cm³/mol. The number of carbonyl (C=O) groups excluding carboxylic acids is 3. The highest BCUT2D eigenvalue weighted by molar-refractivity contribution is 8.02. The number of allylic oxidation sites excluding steroid dienone is 1. The number of aliphatic hydroxyl groups excluding tert-OH is 1. The van der Waals surface area contributed by atoms with Crippen molar-refractivity contribution in [1.29, 1.82) is 0 Å². The van der Waals surface area contributed by atoms with E-state index >= 15 is 0 Å². The van der Waals surface area contributed by atoms with E-state index in [1.807, 2.05) is 23.1 Å². The Labute approximate surface area is 187 Å². The molecule has 170 valence electrons. The number of carbonyl (C=O) groups is 3. The molecule has 0 saturated carbocycles. The van der Waals surface area contributed by atoms with Crippen molar-refractivity contribution >= 4 is 29.5 Å². The molecule has 4 aliphatic rings. The molecule has 1 spiro atoms. The minimum Gasteiger partial charge on any atom is -0.465 e. The van der Waals surface area contributed by atoms with Crippen LogP contribution in [0, 0.1) is 11.8 Å². The zero-order valence-electron chi connectivity index (χ0n) is 18.1. The molecule has 0 aliphatic carbocycles. The zero-order chi connectivity index (χ0) is 22.0. The number of cyclic esters (lactones) is 1. The Kier molecular flexibility index (Phi) is 6.77. The van der Waals surface area contributed by atoms with Gasteiger partial charge in [0.25, 0.3) is 0 Å². The van der Waals surface area contributed by atoms with E-state index in [0.29, 0.717) is 19.7 Å². The number of esters is 1. The van der Waals surface area contributed by atoms with E-state index in [2.05, 4.69) is 13.0 Å². The van der Waals surface area contributed by atoms with Crippen LogP contribution in [0.5, 0.6) is 0 Å². The summed E-state index contributed by atoms with van der Waals surface area (Å²) in [6.45, 7) is 3.49. The Morgan fingerprint density at radius 2 is 2.03 bits per heavy atom. The molecule has 2 fully saturated rings. The highest BCUT2D eigenvalue weighted by Gasteiger charge is 2.70. The van der Waals surface area contributed by atoms with Crippen molar-refractivity contribution < 1.29 is 24.2 Å². The van der Waals surface area contributed by atoms with Crippen molar-refractivity contribution in [2.45, 2.75) is 55.1 Å². The molecular formula is C23H32N2O5S. The van der Waals surface area contributed by atoms with Gasteiger partial charge in [0.05, 0.1) is 29.8 Å². The Balaban J connectivity index is 1.74. The molecule has 1 N–H and O–H groups in total. The Bertz CT molecular complexity index is 784. The lowest BCUT2D eigenvalue weighted by atomic mass is 9.78. The first-order chi connectivity index (χ1) is 15.0. The minimum absolute atomic E-state index is 0.0817. The summed E-state index contributed by atoms with van der Waals surface area (Å²) in [5, 5.41) is 9.44. The van der Waals surface area contributed by atoms with Crippen LogP contribution in [0.15, 0.2) is 24.3 Å². The first-order valence-corrected chi connectivity index (χ1v) is 12.3. The summed E-state index contributed by atoms with van der Waals surface area (Å²) in [6, 6.07) is -0.709. The van der Waals surface area contributed by atoms with Crippen LogP contribution in [0.3, 0.4) is 0 Å². The molecule has 7 nitrogen and oxygen atoms in total. The lowest BCUT2D eigenvalue weighted by molar-refractivity contribution is -0.153. The van der Waals surface area contributed by atoms with E-state index in [-0.39, 0.29) is 36.2 Å². The molecule has 1 unspecified atom stereocenters. The smallest absolute Gasteiger partial charge is 0.311 e. The van der Waals surface area contributed by atoms with Gasteiger partial charge in [-0.25, -0.2) is 0 Å². The zero-order valence-corrected chi connectivity index (χ0v) is 18.9. The lowest BCUT2D eigenvalue weighted by Gasteiger charge is -2.35. The highest BCUT2D eigenvalue weighted by atomic mass is 32.2. The number of thioether (sulfide) groups is 1. The molecule has 8 heteroatoms. The lowest BCUT2D eigenvalue weighted by Crippen LogP contribution is -2.53. The fraction of sp³-hybridized carbons (Fsp3) is 0.696. The van der Waals surface area contributed by atoms with Crippen molar-refractivity contribution in [2.75, 3.05) is 32.8 Å². The van der Waals surface area contributed by atoms with Crippen LogP contribution in [-0.2, 0) is 19.1 Å². The van der Waals surface area contributed by atoms with Crippen LogP contribution in [0.4, 0.5) is 0 Å². The quantitative estimate of drug-likeness (QED) is 0.379. The monoisotopic (exact) mass is 448 g/mol. The molecule has 0 radical (unpaired) electrons. The van der Waals surface area contributed by atoms with Crippen LogP contribution < -0.4 is 0 Å². The predicted octanol–water partition coefficient (Wildman–Crippen LogP) is 1.76. The largest absolute Gasteiger partial charge is 0.465 e. The van der Waals surface area contributed by atoms with Gasteiger partial charge in [-0.05, 0) is 19.3 Å². The van der Waals surface area contributed by atoms with Gasteiger partial charge in [-0.15, -0.1) is 11.8 Å². The van der Waals surface area contributed by atoms with Gasteiger partial charge in [-0.2, -0.15) is 0 Å². The van der Waals surface area contributed by atoms with Gasteiger partial charge in [0.15, 0.2) is 0 Å². The molecule has 2 amide bonds. The van der Waals surface area contributed by atoms with Crippen LogP contribution >= 0.6 is 11.8 Å². The van der Waals surface area contributed by atoms with Crippen molar-refractivity contribution in [2.24, 2.45) is 11.8 Å². The van der Waals surface area contributed by atoms with Crippen LogP contribution in [0.1, 0.15) is 39.0 Å². The summed E-state index contributed by atoms with van der Waals surface area (Å²) in [5.74, 6) is -1.94. The fourth-order valence-electron chi connectivity index (χ4n) is 5.40. The number of rotatable bonds is 6. The molecule has 4 rings (SSSR count). The summed E-state index contributed by atoms with van der Waals surface area (Å²) in [4.78, 5) is 43.7. The van der Waals surface area contributed by atoms with Crippen molar-refractivity contribution in [3.05, 3.63) is 24.3 Å². The minimum atomic E-state index is -0.819. The average molecular weight is 449 g/mol. The van der Waals surface area contributed by atoms with Gasteiger partial charge in [0, 0.05) is 24.9 Å². The average Bonchev–Trinajstić information content (AvgIpc) is 3.15. The van der Waals surface area contributed by atoms with Crippen molar-refractivity contribution in [3.8, 4) is 0 Å². The normalized spacial score (nSPS) is 36.1. The number of aliphatic hydroxyl groups is 1. The fourth-order valence-corrected chi connectivity index (χ4v) is 7.40. The number of likely N-dealkylation sites (tertiary alicyclic amines) is 1. The number of hydrogen-bond donors (Lipinski definition) is 1. The topological polar surface area (TPSA) is 87.2 Å². The van der Waals surface area contributed by atoms with Gasteiger partial charge in [-0.1, -0.05) is 44.1 Å². The molecular weight excluding hydrogens is 416 g/mol. The molecule has 5 atom stereocenters. The summed E-state index contributed by atoms with van der Waals surface area (Å²) in [5.41, 5.74) is 0. The molecule has 31 heavy (non-hydrogen) atoms. The van der Waals surface area contributed by atoms with Gasteiger partial charge < -0.3 is 19.6 Å². The van der Waals surface area contributed by atoms with E-state index in [9.17, 15) is 19.5 Å². The summed E-state index contributed by atoms with van der Waals surface area (Å²) >= 11 is 1.55. The van der Waals surface area contributed by atoms with E-state index in [0.717, 1.165) is 32.1 Å². The Hall–Kier alpha value is -1.80. The molecule has 4 aliphatic heterocycles. The number of fused-ring (bicyclic) bond motifs is 2. The van der Waals surface area contributed by atoms with E-state index in [1.165, 1.54) is 4.90 Å². The third kappa shape index (κ3) is 3.82. The molecule has 2 saturated heterocycles. The van der Waals surface area contributed by atoms with Gasteiger partial charge in [0.2, 0.25) is 11.8 Å². The van der Waals surface area contributed by atoms with Crippen molar-refractivity contribution in [1.82, 2.24) is 9.80 Å². The molecule has 0 aromatic heterocycles. The Morgan fingerprint density at radius 3 is 2.81 bits per heavy atom. The van der Waals surface area contributed by atoms with Crippen LogP contribution in [0.2, 0.25) is 0 Å². The molecule has 0 aromatic rings. The second kappa shape index (κ2) is 9.36. The first kappa shape index (κ1) is 22.4. The third-order valence-corrected chi connectivity index (χ3v) is 8.55. The first-order valence-electron chi connectivity index (χ1n) is 11.4. The molecule has 4 heterocycles. The second-order valence-electron chi connectivity index (χ2n) is 8.73. The standard InChI is InChI=1S/C23H32N2O5S/c1-2-3-6-11-24-12-8-10-23-18(20(27)25(13-14-26)19(23)21(24)28)17-16(31-23)9-5-4-7-15-30-22(17)29/h5,8-10,16-19,26H,2-4,6-7,11-15H2,1H3/b9-5-/t16-,17+,18+,19?,23+/m1/s1. The maximum absolute atomic E-state index is 13.7. The second-order valence-corrected chi connectivity index (χ2v) is 10.2. The van der Waals surface area contributed by atoms with Crippen LogP contribution in [-0.4, -0.2) is 81.6 Å². The summed E-state index contributed by atoms with van der Waals surface area (Å²) < 4.78 is 4.70. The maximum atomic E-state index is 13.7. The van der Waals surface area contributed by atoms with Gasteiger partial charge in [0.1, 0.15) is 6.04 Å². The number of ether oxygens (including phenoxy) is 1. The molecule has 0 bridgehead atoms. The number of unbranched alkanes of at least 4 members (excludes halogenated alkanes) is 2. The highest BCUT2D eigenvalue weighted by Crippen LogP contribution is 2.60. The number of β-amino-alcohol motifs (C(OH)–C–C–N with tert-alkyl or cyclic N) is 1. The number of nitrogens with zero attached hydrogens (tertiary/aromatic N) is 2. The van der Waals surface area contributed by atoms with E-state index < -0.39 is 22.6 Å². The van der Waals surface area contributed by atoms with Crippen molar-refractivity contribution in [3.63, 3.8) is 0 Å². The van der Waals surface area contributed by atoms with E-state index in [4.69, 9.17) is 4.74 Å². The summed E-state index contributed by atoms with van der Waals surface area (Å²) in [6.07, 6.45) is 12.7. The number of amides is 2. The maximum Gasteiger partial charge on any atom is 0.311 e. The SMILES string of the molecule is CCCCCN1CC=C[C@]23S[C@@H]4/C=C\CCCOC(=O)[C@@H]4[C@H]2C(=O)N(CCO)C3C1=O. The number of hydrogen-bond acceptors (Lipinski definition) is 6. The summed E-state index contributed by atoms with van der Waals surface area (Å²) in [7, 11) is 0. The van der Waals surface area contributed by atoms with E-state index in [1.54, 1.807) is 11.8 Å². The molecule has 0 aromatic carbocycles. The Morgan fingerprint density at radius 1 is 1.19 bits per heavy atom. The van der Waals surface area contributed by atoms with Gasteiger partial charge in [-0.3, -0.25) is 14.4 Å². The van der Waals surface area contributed by atoms with Gasteiger partial charge >= 0.3 is 5.97 Å². The third-order valence-electron chi connectivity index (χ3n) is 6.81.